The second-order valence-corrected chi connectivity index (χ2v) is 4.12. The van der Waals surface area contributed by atoms with E-state index in [9.17, 15) is 5.26 Å². The average molecular weight is 241 g/mol. The van der Waals surface area contributed by atoms with Gasteiger partial charge in [0, 0.05) is 18.9 Å². The van der Waals surface area contributed by atoms with Crippen LogP contribution < -0.4 is 0 Å². The molecule has 0 aromatic carbocycles. The van der Waals surface area contributed by atoms with Gasteiger partial charge in [0.05, 0.1) is 24.3 Å². The Hall–Kier alpha value is -2.19. The first-order valence-electron chi connectivity index (χ1n) is 5.78. The molecule has 0 aliphatic heterocycles. The minimum atomic E-state index is -0.283. The Morgan fingerprint density at radius 3 is 2.78 bits per heavy atom. The topological polar surface area (TPSA) is 68.6 Å². The van der Waals surface area contributed by atoms with Gasteiger partial charge in [-0.2, -0.15) is 5.26 Å². The third-order valence-electron chi connectivity index (χ3n) is 2.88. The molecule has 2 aromatic heterocycles. The fraction of sp³-hybridized carbons (Fsp3) is 0.308. The number of nitrogens with zero attached hydrogens (tertiary/aromatic N) is 4. The molecule has 2 aromatic rings. The Bertz CT molecular complexity index is 500. The Morgan fingerprint density at radius 1 is 1.39 bits per heavy atom. The van der Waals surface area contributed by atoms with Gasteiger partial charge in [-0.3, -0.25) is 9.88 Å². The molecular formula is C13H15N5. The van der Waals surface area contributed by atoms with Gasteiger partial charge in [-0.15, -0.1) is 0 Å². The smallest absolute Gasteiger partial charge is 0.140 e. The van der Waals surface area contributed by atoms with Gasteiger partial charge < -0.3 is 4.98 Å². The van der Waals surface area contributed by atoms with Gasteiger partial charge >= 0.3 is 0 Å². The number of nitrogens with one attached hydrogen (secondary N) is 1. The summed E-state index contributed by atoms with van der Waals surface area (Å²) in [5, 5.41) is 9.22. The minimum absolute atomic E-state index is 0.283. The number of H-pyrrole nitrogens is 1. The molecule has 1 unspecified atom stereocenters. The summed E-state index contributed by atoms with van der Waals surface area (Å²) in [5.41, 5.74) is 2.05. The Kier molecular flexibility index (Phi) is 4.05. The van der Waals surface area contributed by atoms with Crippen molar-refractivity contribution < 1.29 is 0 Å². The zero-order chi connectivity index (χ0) is 12.8. The number of hydrogen-bond donors (Lipinski definition) is 1. The van der Waals surface area contributed by atoms with E-state index in [4.69, 9.17) is 0 Å². The van der Waals surface area contributed by atoms with E-state index in [1.54, 1.807) is 24.9 Å². The molecule has 0 radical (unpaired) electrons. The van der Waals surface area contributed by atoms with Gasteiger partial charge in [-0.25, -0.2) is 4.98 Å². The largest absolute Gasteiger partial charge is 0.346 e. The molecule has 0 spiro atoms. The standard InChI is InChI=1S/C13H15N5/c1-18(7-4-11-2-5-15-6-3-11)13(8-14)12-9-16-10-17-12/h2-3,5-6,9-10,13H,4,7H2,1H3,(H,16,17). The van der Waals surface area contributed by atoms with Crippen molar-refractivity contribution >= 4 is 0 Å². The van der Waals surface area contributed by atoms with Gasteiger partial charge in [-0.1, -0.05) is 0 Å². The van der Waals surface area contributed by atoms with E-state index in [-0.39, 0.29) is 6.04 Å². The molecule has 0 saturated heterocycles. The predicted octanol–water partition coefficient (Wildman–Crippen LogP) is 1.54. The lowest BCUT2D eigenvalue weighted by atomic mass is 10.1. The molecule has 0 bridgehead atoms. The maximum atomic E-state index is 9.22. The molecule has 0 aliphatic rings. The van der Waals surface area contributed by atoms with Gasteiger partial charge in [0.2, 0.25) is 0 Å². The fourth-order valence-corrected chi connectivity index (χ4v) is 1.81. The molecule has 1 atom stereocenters. The molecular weight excluding hydrogens is 226 g/mol. The van der Waals surface area contributed by atoms with E-state index in [0.29, 0.717) is 0 Å². The molecule has 92 valence electrons. The normalized spacial score (nSPS) is 12.3. The lowest BCUT2D eigenvalue weighted by Crippen LogP contribution is -2.26. The summed E-state index contributed by atoms with van der Waals surface area (Å²) in [7, 11) is 1.94. The summed E-state index contributed by atoms with van der Waals surface area (Å²) in [6.45, 7) is 0.807. The van der Waals surface area contributed by atoms with Crippen molar-refractivity contribution in [2.24, 2.45) is 0 Å². The average Bonchev–Trinajstić information content (AvgIpc) is 2.92. The van der Waals surface area contributed by atoms with E-state index < -0.39 is 0 Å². The Labute approximate surface area is 106 Å². The third kappa shape index (κ3) is 2.93. The monoisotopic (exact) mass is 241 g/mol. The molecule has 1 N–H and O–H groups in total. The van der Waals surface area contributed by atoms with Crippen LogP contribution in [-0.2, 0) is 6.42 Å². The molecule has 2 heterocycles. The molecule has 2 rings (SSSR count). The summed E-state index contributed by atoms with van der Waals surface area (Å²) < 4.78 is 0. The highest BCUT2D eigenvalue weighted by Gasteiger charge is 2.17. The van der Waals surface area contributed by atoms with Crippen molar-refractivity contribution in [1.82, 2.24) is 19.9 Å². The van der Waals surface area contributed by atoms with E-state index >= 15 is 0 Å². The van der Waals surface area contributed by atoms with Crippen molar-refractivity contribution in [3.8, 4) is 6.07 Å². The third-order valence-corrected chi connectivity index (χ3v) is 2.88. The SMILES string of the molecule is CN(CCc1ccncc1)C(C#N)c1cnc[nH]1. The fourth-order valence-electron chi connectivity index (χ4n) is 1.81. The second-order valence-electron chi connectivity index (χ2n) is 4.12. The lowest BCUT2D eigenvalue weighted by molar-refractivity contribution is 0.291. The van der Waals surface area contributed by atoms with Crippen LogP contribution in [0.1, 0.15) is 17.3 Å². The molecule has 5 heteroatoms. The van der Waals surface area contributed by atoms with Crippen LogP contribution in [0.2, 0.25) is 0 Å². The summed E-state index contributed by atoms with van der Waals surface area (Å²) in [6.07, 6.45) is 7.75. The zero-order valence-corrected chi connectivity index (χ0v) is 10.2. The van der Waals surface area contributed by atoms with E-state index in [0.717, 1.165) is 18.7 Å². The first-order chi connectivity index (χ1) is 8.81. The highest BCUT2D eigenvalue weighted by atomic mass is 15.1. The lowest BCUT2D eigenvalue weighted by Gasteiger charge is -2.21. The molecule has 0 amide bonds. The summed E-state index contributed by atoms with van der Waals surface area (Å²) >= 11 is 0. The predicted molar refractivity (Wildman–Crippen MR) is 67.5 cm³/mol. The van der Waals surface area contributed by atoms with Crippen molar-refractivity contribution in [3.05, 3.63) is 48.3 Å². The van der Waals surface area contributed by atoms with Crippen LogP contribution in [0.3, 0.4) is 0 Å². The van der Waals surface area contributed by atoms with Crippen LogP contribution in [0.4, 0.5) is 0 Å². The Balaban J connectivity index is 1.95. The summed E-state index contributed by atoms with van der Waals surface area (Å²) in [4.78, 5) is 12.9. The highest BCUT2D eigenvalue weighted by Crippen LogP contribution is 2.15. The molecule has 5 nitrogen and oxygen atoms in total. The molecule has 0 aliphatic carbocycles. The number of imidazole rings is 1. The second kappa shape index (κ2) is 5.94. The van der Waals surface area contributed by atoms with Crippen LogP contribution in [0.5, 0.6) is 0 Å². The summed E-state index contributed by atoms with van der Waals surface area (Å²) in [5.74, 6) is 0. The quantitative estimate of drug-likeness (QED) is 0.862. The Morgan fingerprint density at radius 2 is 2.17 bits per heavy atom. The van der Waals surface area contributed by atoms with E-state index in [1.807, 2.05) is 24.1 Å². The van der Waals surface area contributed by atoms with Crippen LogP contribution in [0, 0.1) is 11.3 Å². The maximum absolute atomic E-state index is 9.22. The molecule has 18 heavy (non-hydrogen) atoms. The first kappa shape index (κ1) is 12.3. The highest BCUT2D eigenvalue weighted by molar-refractivity contribution is 5.13. The molecule has 0 fully saturated rings. The van der Waals surface area contributed by atoms with Gasteiger partial charge in [0.25, 0.3) is 0 Å². The van der Waals surface area contributed by atoms with E-state index in [1.165, 1.54) is 5.56 Å². The van der Waals surface area contributed by atoms with Crippen molar-refractivity contribution in [2.75, 3.05) is 13.6 Å². The number of aromatic amines is 1. The van der Waals surface area contributed by atoms with Crippen LogP contribution >= 0.6 is 0 Å². The molecule has 0 saturated carbocycles. The number of nitriles is 1. The number of rotatable bonds is 5. The van der Waals surface area contributed by atoms with Crippen molar-refractivity contribution in [3.63, 3.8) is 0 Å². The zero-order valence-electron chi connectivity index (χ0n) is 10.2. The number of likely N-dealkylation sites (N-methyl/N-ethyl adjacent to an activating group) is 1. The van der Waals surface area contributed by atoms with Crippen LogP contribution in [0.25, 0.3) is 0 Å². The van der Waals surface area contributed by atoms with Gasteiger partial charge in [0.15, 0.2) is 0 Å². The van der Waals surface area contributed by atoms with Crippen LogP contribution in [0.15, 0.2) is 37.1 Å². The van der Waals surface area contributed by atoms with Gasteiger partial charge in [0.1, 0.15) is 6.04 Å². The maximum Gasteiger partial charge on any atom is 0.140 e. The van der Waals surface area contributed by atoms with Crippen molar-refractivity contribution in [1.29, 1.82) is 5.26 Å². The minimum Gasteiger partial charge on any atom is -0.346 e. The summed E-state index contributed by atoms with van der Waals surface area (Å²) in [6, 6.07) is 5.98. The van der Waals surface area contributed by atoms with E-state index in [2.05, 4.69) is 21.0 Å². The van der Waals surface area contributed by atoms with Crippen LogP contribution in [-0.4, -0.2) is 33.4 Å². The van der Waals surface area contributed by atoms with Crippen molar-refractivity contribution in [2.45, 2.75) is 12.5 Å². The number of hydrogen-bond acceptors (Lipinski definition) is 4. The number of aromatic nitrogens is 3. The number of pyridine rings is 1. The first-order valence-corrected chi connectivity index (χ1v) is 5.78. The van der Waals surface area contributed by atoms with Gasteiger partial charge in [-0.05, 0) is 31.2 Å².